The largest absolute Gasteiger partial charge is 0.369 e. The van der Waals surface area contributed by atoms with Crippen LogP contribution in [0.4, 0.5) is 4.39 Å². The molecule has 0 bridgehead atoms. The number of hydrogen-bond acceptors (Lipinski definition) is 4. The summed E-state index contributed by atoms with van der Waals surface area (Å²) in [4.78, 5) is 45.2. The summed E-state index contributed by atoms with van der Waals surface area (Å²) >= 11 is 5.95. The van der Waals surface area contributed by atoms with Gasteiger partial charge in [0.2, 0.25) is 17.7 Å². The number of aromatic nitrogens is 1. The van der Waals surface area contributed by atoms with E-state index in [1.54, 1.807) is 29.4 Å². The van der Waals surface area contributed by atoms with E-state index < -0.39 is 29.6 Å². The molecule has 1 aliphatic heterocycles. The molecule has 3 atom stereocenters. The number of carbonyl (C=O) groups excluding carboxylic acids is 3. The van der Waals surface area contributed by atoms with E-state index in [1.165, 1.54) is 6.07 Å². The Kier molecular flexibility index (Phi) is 10.6. The van der Waals surface area contributed by atoms with Crippen molar-refractivity contribution in [1.82, 2.24) is 15.2 Å². The van der Waals surface area contributed by atoms with Crippen molar-refractivity contribution in [3.63, 3.8) is 0 Å². The molecule has 206 valence electrons. The van der Waals surface area contributed by atoms with Gasteiger partial charge in [-0.15, -0.1) is 0 Å². The highest BCUT2D eigenvalue weighted by Gasteiger charge is 2.35. The predicted molar refractivity (Wildman–Crippen MR) is 146 cm³/mol. The fourth-order valence-electron chi connectivity index (χ4n) is 5.12. The lowest BCUT2D eigenvalue weighted by Crippen LogP contribution is -2.50. The first-order valence-electron chi connectivity index (χ1n) is 13.4. The van der Waals surface area contributed by atoms with E-state index in [-0.39, 0.29) is 22.8 Å². The molecule has 1 unspecified atom stereocenters. The molecule has 0 spiro atoms. The third-order valence-electron chi connectivity index (χ3n) is 7.03. The number of nitrogens with zero attached hydrogens (tertiary/aromatic N) is 2. The molecule has 3 N–H and O–H groups in total. The van der Waals surface area contributed by atoms with Gasteiger partial charge in [-0.2, -0.15) is 0 Å². The van der Waals surface area contributed by atoms with Gasteiger partial charge in [-0.3, -0.25) is 19.4 Å². The second-order valence-electron chi connectivity index (χ2n) is 10.6. The smallest absolute Gasteiger partial charge is 0.245 e. The lowest BCUT2D eigenvalue weighted by Gasteiger charge is -2.29. The first-order valence-corrected chi connectivity index (χ1v) is 13.8. The lowest BCUT2D eigenvalue weighted by molar-refractivity contribution is -0.139. The number of amides is 3. The summed E-state index contributed by atoms with van der Waals surface area (Å²) in [7, 11) is 0. The Morgan fingerprint density at radius 2 is 1.95 bits per heavy atom. The first kappa shape index (κ1) is 29.6. The minimum absolute atomic E-state index is 0.0301. The fraction of sp³-hybridized carbons (Fsp3) is 0.517. The van der Waals surface area contributed by atoms with Gasteiger partial charge in [-0.25, -0.2) is 4.39 Å². The summed E-state index contributed by atoms with van der Waals surface area (Å²) in [5, 5.41) is 3.00. The van der Waals surface area contributed by atoms with Gasteiger partial charge in [0.1, 0.15) is 11.9 Å². The highest BCUT2D eigenvalue weighted by Crippen LogP contribution is 2.27. The van der Waals surface area contributed by atoms with E-state index in [1.807, 2.05) is 26.8 Å². The fourth-order valence-corrected chi connectivity index (χ4v) is 5.30. The molecule has 1 aromatic carbocycles. The van der Waals surface area contributed by atoms with Crippen molar-refractivity contribution >= 4 is 29.3 Å². The number of nitrogens with one attached hydrogen (secondary N) is 1. The normalized spacial score (nSPS) is 17.7. The number of carbonyl (C=O) groups is 3. The van der Waals surface area contributed by atoms with Crippen LogP contribution in [0.5, 0.6) is 0 Å². The minimum Gasteiger partial charge on any atom is -0.369 e. The van der Waals surface area contributed by atoms with Gasteiger partial charge in [0, 0.05) is 42.9 Å². The molecule has 7 nitrogen and oxygen atoms in total. The maximum absolute atomic E-state index is 13.6. The Balaban J connectivity index is 1.76. The van der Waals surface area contributed by atoms with E-state index in [4.69, 9.17) is 17.3 Å². The van der Waals surface area contributed by atoms with E-state index in [9.17, 15) is 18.8 Å². The lowest BCUT2D eigenvalue weighted by atomic mass is 9.81. The standard InChI is InChI=1S/C29H38ClFN4O3/c1-4-7-22(27(32)36)23(12-18(2)3)28(37)34-26-8-5-6-11-35(29(26)38)17-19-13-21(16-33-15-19)20-9-10-25(31)24(30)14-20/h9-10,13-16,18,22-23,26H,4-8,11-12,17H2,1-3H3,(H2,32,36)(H,34,37)/t22-,23-,26?/m0/s1. The zero-order valence-electron chi connectivity index (χ0n) is 22.4. The van der Waals surface area contributed by atoms with E-state index >= 15 is 0 Å². The molecule has 2 aromatic rings. The summed E-state index contributed by atoms with van der Waals surface area (Å²) in [6.45, 7) is 6.86. The number of pyridine rings is 1. The van der Waals surface area contributed by atoms with E-state index in [2.05, 4.69) is 10.3 Å². The van der Waals surface area contributed by atoms with Crippen molar-refractivity contribution in [2.75, 3.05) is 6.54 Å². The SMILES string of the molecule is CCC[C@H](C(N)=O)[C@H](CC(C)C)C(=O)NC1CCCCN(Cc2cncc(-c3ccc(F)c(Cl)c3)c2)C1=O. The molecule has 1 fully saturated rings. The molecule has 0 radical (unpaired) electrons. The van der Waals surface area contributed by atoms with Crippen LogP contribution < -0.4 is 11.1 Å². The van der Waals surface area contributed by atoms with Crippen LogP contribution in [-0.4, -0.2) is 40.2 Å². The molecule has 38 heavy (non-hydrogen) atoms. The van der Waals surface area contributed by atoms with Crippen LogP contribution in [0.3, 0.4) is 0 Å². The molecule has 1 saturated heterocycles. The third-order valence-corrected chi connectivity index (χ3v) is 7.32. The Morgan fingerprint density at radius 1 is 1.18 bits per heavy atom. The van der Waals surface area contributed by atoms with Crippen molar-refractivity contribution in [2.45, 2.75) is 71.9 Å². The average Bonchev–Trinajstić information content (AvgIpc) is 3.04. The second kappa shape index (κ2) is 13.7. The molecular weight excluding hydrogens is 507 g/mol. The van der Waals surface area contributed by atoms with Crippen molar-refractivity contribution < 1.29 is 18.8 Å². The summed E-state index contributed by atoms with van der Waals surface area (Å²) < 4.78 is 13.6. The van der Waals surface area contributed by atoms with Crippen molar-refractivity contribution in [3.8, 4) is 11.1 Å². The van der Waals surface area contributed by atoms with Gasteiger partial charge in [0.05, 0.1) is 5.02 Å². The van der Waals surface area contributed by atoms with Gasteiger partial charge in [0.25, 0.3) is 0 Å². The number of primary amides is 1. The number of nitrogens with two attached hydrogens (primary N) is 1. The van der Waals surface area contributed by atoms with Gasteiger partial charge in [0.15, 0.2) is 0 Å². The van der Waals surface area contributed by atoms with Crippen molar-refractivity contribution in [1.29, 1.82) is 0 Å². The average molecular weight is 545 g/mol. The number of benzene rings is 1. The van der Waals surface area contributed by atoms with Crippen LogP contribution in [0.1, 0.15) is 64.9 Å². The summed E-state index contributed by atoms with van der Waals surface area (Å²) in [6.07, 6.45) is 7.31. The Bertz CT molecular complexity index is 1140. The molecule has 3 rings (SSSR count). The topological polar surface area (TPSA) is 105 Å². The minimum atomic E-state index is -0.665. The van der Waals surface area contributed by atoms with Crippen molar-refractivity contribution in [3.05, 3.63) is 53.1 Å². The van der Waals surface area contributed by atoms with Crippen LogP contribution >= 0.6 is 11.6 Å². The monoisotopic (exact) mass is 544 g/mol. The number of halogens is 2. The third kappa shape index (κ3) is 7.76. The molecule has 1 aliphatic rings. The molecule has 2 heterocycles. The number of rotatable bonds is 11. The summed E-state index contributed by atoms with van der Waals surface area (Å²) in [5.41, 5.74) is 7.98. The van der Waals surface area contributed by atoms with Crippen LogP contribution in [-0.2, 0) is 20.9 Å². The maximum atomic E-state index is 13.6. The van der Waals surface area contributed by atoms with Crippen molar-refractivity contribution in [2.24, 2.45) is 23.5 Å². The quantitative estimate of drug-likeness (QED) is 0.410. The van der Waals surface area contributed by atoms with Gasteiger partial charge >= 0.3 is 0 Å². The molecular formula is C29H38ClFN4O3. The number of likely N-dealkylation sites (tertiary alicyclic amines) is 1. The van der Waals surface area contributed by atoms with Gasteiger partial charge < -0.3 is 16.0 Å². The molecule has 0 saturated carbocycles. The maximum Gasteiger partial charge on any atom is 0.245 e. The molecule has 9 heteroatoms. The highest BCUT2D eigenvalue weighted by molar-refractivity contribution is 6.31. The first-order chi connectivity index (χ1) is 18.1. The van der Waals surface area contributed by atoms with Gasteiger partial charge in [-0.05, 0) is 67.3 Å². The van der Waals surface area contributed by atoms with E-state index in [0.29, 0.717) is 32.4 Å². The molecule has 1 aromatic heterocycles. The highest BCUT2D eigenvalue weighted by atomic mass is 35.5. The van der Waals surface area contributed by atoms with Gasteiger partial charge in [-0.1, -0.05) is 44.9 Å². The van der Waals surface area contributed by atoms with Crippen LogP contribution in [0.25, 0.3) is 11.1 Å². The molecule has 3 amide bonds. The van der Waals surface area contributed by atoms with Crippen LogP contribution in [0.15, 0.2) is 36.7 Å². The van der Waals surface area contributed by atoms with E-state index in [0.717, 1.165) is 36.0 Å². The summed E-state index contributed by atoms with van der Waals surface area (Å²) in [6, 6.07) is 5.73. The predicted octanol–water partition coefficient (Wildman–Crippen LogP) is 5.10. The molecule has 0 aliphatic carbocycles. The Hall–Kier alpha value is -3.00. The zero-order chi connectivity index (χ0) is 27.8. The second-order valence-corrected chi connectivity index (χ2v) is 11.0. The number of hydrogen-bond donors (Lipinski definition) is 2. The van der Waals surface area contributed by atoms with Crippen LogP contribution in [0.2, 0.25) is 5.02 Å². The Labute approximate surface area is 229 Å². The van der Waals surface area contributed by atoms with Crippen LogP contribution in [0, 0.1) is 23.6 Å². The zero-order valence-corrected chi connectivity index (χ0v) is 23.1. The Morgan fingerprint density at radius 3 is 2.61 bits per heavy atom. The summed E-state index contributed by atoms with van der Waals surface area (Å²) in [5.74, 6) is -2.34.